The first kappa shape index (κ1) is 15.9. The number of rotatable bonds is 5. The minimum atomic E-state index is -0.0394. The van der Waals surface area contributed by atoms with E-state index in [2.05, 4.69) is 5.16 Å². The highest BCUT2D eigenvalue weighted by Gasteiger charge is 2.33. The number of ether oxygens (including phenoxy) is 1. The molecule has 6 heteroatoms. The molecule has 2 atom stereocenters. The van der Waals surface area contributed by atoms with Crippen LogP contribution in [0.25, 0.3) is 0 Å². The van der Waals surface area contributed by atoms with Gasteiger partial charge in [-0.3, -0.25) is 4.79 Å². The first-order valence-corrected chi connectivity index (χ1v) is 9.27. The van der Waals surface area contributed by atoms with Gasteiger partial charge in [0.2, 0.25) is 5.76 Å². The fourth-order valence-corrected chi connectivity index (χ4v) is 4.20. The van der Waals surface area contributed by atoms with Gasteiger partial charge in [-0.15, -0.1) is 0 Å². The van der Waals surface area contributed by atoms with E-state index in [9.17, 15) is 4.79 Å². The van der Waals surface area contributed by atoms with Crippen molar-refractivity contribution in [2.45, 2.75) is 51.2 Å². The Labute approximate surface area is 135 Å². The highest BCUT2D eigenvalue weighted by atomic mass is 32.2. The summed E-state index contributed by atoms with van der Waals surface area (Å²) in [6, 6.07) is 2.08. The Morgan fingerprint density at radius 1 is 1.50 bits per heavy atom. The predicted octanol–water partition coefficient (Wildman–Crippen LogP) is 2.92. The quantitative estimate of drug-likeness (QED) is 0.833. The molecule has 3 heterocycles. The van der Waals surface area contributed by atoms with Crippen molar-refractivity contribution in [3.05, 3.63) is 17.5 Å². The monoisotopic (exact) mass is 324 g/mol. The van der Waals surface area contributed by atoms with Crippen LogP contribution in [0.5, 0.6) is 0 Å². The second kappa shape index (κ2) is 7.04. The standard InChI is InChI=1S/C16H24N2O3S/c1-11(2)14-8-15(21-17-14)16(19)18(12-5-7-22-10-12)9-13-4-3-6-20-13/h8,11-13H,3-7,9-10H2,1-2H3/t12-,13-/m0/s1. The average molecular weight is 324 g/mol. The van der Waals surface area contributed by atoms with Gasteiger partial charge in [-0.05, 0) is 30.9 Å². The van der Waals surface area contributed by atoms with Crippen molar-refractivity contribution < 1.29 is 14.1 Å². The van der Waals surface area contributed by atoms with Crippen molar-refractivity contribution in [2.75, 3.05) is 24.7 Å². The van der Waals surface area contributed by atoms with Crippen molar-refractivity contribution in [3.8, 4) is 0 Å². The van der Waals surface area contributed by atoms with E-state index in [-0.39, 0.29) is 24.0 Å². The van der Waals surface area contributed by atoms with Gasteiger partial charge >= 0.3 is 0 Å². The van der Waals surface area contributed by atoms with E-state index < -0.39 is 0 Å². The molecule has 0 saturated carbocycles. The molecular weight excluding hydrogens is 300 g/mol. The van der Waals surface area contributed by atoms with Crippen molar-refractivity contribution in [1.29, 1.82) is 0 Å². The molecule has 122 valence electrons. The van der Waals surface area contributed by atoms with Crippen LogP contribution in [0.3, 0.4) is 0 Å². The van der Waals surface area contributed by atoms with Crippen molar-refractivity contribution in [3.63, 3.8) is 0 Å². The number of carbonyl (C=O) groups is 1. The third-order valence-electron chi connectivity index (χ3n) is 4.36. The maximum atomic E-state index is 12.9. The van der Waals surface area contributed by atoms with Gasteiger partial charge in [0.25, 0.3) is 5.91 Å². The van der Waals surface area contributed by atoms with E-state index in [1.165, 1.54) is 0 Å². The van der Waals surface area contributed by atoms with Crippen LogP contribution in [0.15, 0.2) is 10.6 Å². The Morgan fingerprint density at radius 3 is 2.95 bits per heavy atom. The van der Waals surface area contributed by atoms with Crippen LogP contribution in [0.2, 0.25) is 0 Å². The lowest BCUT2D eigenvalue weighted by atomic mass is 10.1. The van der Waals surface area contributed by atoms with Crippen LogP contribution in [0, 0.1) is 0 Å². The summed E-state index contributed by atoms with van der Waals surface area (Å²) < 4.78 is 11.0. The normalized spacial score (nSPS) is 25.0. The first-order valence-electron chi connectivity index (χ1n) is 8.12. The molecule has 2 fully saturated rings. The van der Waals surface area contributed by atoms with Gasteiger partial charge in [0.1, 0.15) is 0 Å². The molecule has 0 spiro atoms. The van der Waals surface area contributed by atoms with Crippen molar-refractivity contribution >= 4 is 17.7 Å². The summed E-state index contributed by atoms with van der Waals surface area (Å²) in [7, 11) is 0. The molecule has 1 aromatic rings. The fraction of sp³-hybridized carbons (Fsp3) is 0.750. The Kier molecular flexibility index (Phi) is 5.08. The van der Waals surface area contributed by atoms with Gasteiger partial charge in [0.05, 0.1) is 11.8 Å². The van der Waals surface area contributed by atoms with Gasteiger partial charge in [0, 0.05) is 31.0 Å². The molecule has 0 unspecified atom stereocenters. The summed E-state index contributed by atoms with van der Waals surface area (Å²) in [6.07, 6.45) is 3.35. The van der Waals surface area contributed by atoms with Gasteiger partial charge in [-0.2, -0.15) is 11.8 Å². The van der Waals surface area contributed by atoms with E-state index in [1.807, 2.05) is 30.5 Å². The zero-order chi connectivity index (χ0) is 15.5. The first-order chi connectivity index (χ1) is 10.6. The minimum Gasteiger partial charge on any atom is -0.376 e. The summed E-state index contributed by atoms with van der Waals surface area (Å²) in [5.41, 5.74) is 0.834. The van der Waals surface area contributed by atoms with Crippen LogP contribution in [-0.4, -0.2) is 52.8 Å². The summed E-state index contributed by atoms with van der Waals surface area (Å²) in [6.45, 7) is 5.57. The maximum absolute atomic E-state index is 12.9. The van der Waals surface area contributed by atoms with E-state index in [0.29, 0.717) is 12.3 Å². The molecule has 0 N–H and O–H groups in total. The van der Waals surface area contributed by atoms with E-state index in [4.69, 9.17) is 9.26 Å². The number of amides is 1. The molecule has 1 aromatic heterocycles. The molecule has 1 amide bonds. The lowest BCUT2D eigenvalue weighted by Crippen LogP contribution is -2.44. The molecule has 2 saturated heterocycles. The number of aromatic nitrogens is 1. The van der Waals surface area contributed by atoms with Crippen LogP contribution in [0.1, 0.15) is 55.3 Å². The van der Waals surface area contributed by atoms with Crippen LogP contribution >= 0.6 is 11.8 Å². The second-order valence-corrected chi connectivity index (χ2v) is 7.53. The highest BCUT2D eigenvalue weighted by molar-refractivity contribution is 7.99. The summed E-state index contributed by atoms with van der Waals surface area (Å²) in [4.78, 5) is 14.8. The molecule has 0 aliphatic carbocycles. The maximum Gasteiger partial charge on any atom is 0.292 e. The molecule has 2 aliphatic heterocycles. The Bertz CT molecular complexity index is 505. The number of carbonyl (C=O) groups excluding carboxylic acids is 1. The molecule has 2 aliphatic rings. The van der Waals surface area contributed by atoms with Crippen LogP contribution in [-0.2, 0) is 4.74 Å². The Balaban J connectivity index is 1.75. The van der Waals surface area contributed by atoms with E-state index >= 15 is 0 Å². The van der Waals surface area contributed by atoms with Gasteiger partial charge in [-0.25, -0.2) is 0 Å². The van der Waals surface area contributed by atoms with Gasteiger partial charge in [0.15, 0.2) is 0 Å². The van der Waals surface area contributed by atoms with Crippen LogP contribution < -0.4 is 0 Å². The molecule has 0 radical (unpaired) electrons. The number of nitrogens with zero attached hydrogens (tertiary/aromatic N) is 2. The lowest BCUT2D eigenvalue weighted by Gasteiger charge is -2.29. The SMILES string of the molecule is CC(C)c1cc(C(=O)N(C[C@@H]2CCCO2)[C@H]2CCSC2)on1. The third kappa shape index (κ3) is 3.49. The smallest absolute Gasteiger partial charge is 0.292 e. The van der Waals surface area contributed by atoms with Crippen molar-refractivity contribution in [1.82, 2.24) is 10.1 Å². The number of hydrogen-bond donors (Lipinski definition) is 0. The zero-order valence-corrected chi connectivity index (χ0v) is 14.1. The topological polar surface area (TPSA) is 55.6 Å². The molecule has 3 rings (SSSR count). The van der Waals surface area contributed by atoms with E-state index in [0.717, 1.165) is 43.1 Å². The second-order valence-electron chi connectivity index (χ2n) is 6.38. The molecular formula is C16H24N2O3S. The molecule has 0 aromatic carbocycles. The third-order valence-corrected chi connectivity index (χ3v) is 5.51. The zero-order valence-electron chi connectivity index (χ0n) is 13.3. The Hall–Kier alpha value is -1.01. The molecule has 0 bridgehead atoms. The fourth-order valence-electron chi connectivity index (χ4n) is 2.98. The number of thioether (sulfide) groups is 1. The highest BCUT2D eigenvalue weighted by Crippen LogP contribution is 2.26. The van der Waals surface area contributed by atoms with Crippen LogP contribution in [0.4, 0.5) is 0 Å². The number of hydrogen-bond acceptors (Lipinski definition) is 5. The summed E-state index contributed by atoms with van der Waals surface area (Å²) in [5.74, 6) is 2.71. The molecule has 22 heavy (non-hydrogen) atoms. The summed E-state index contributed by atoms with van der Waals surface area (Å²) in [5, 5.41) is 4.02. The predicted molar refractivity (Wildman–Crippen MR) is 86.3 cm³/mol. The summed E-state index contributed by atoms with van der Waals surface area (Å²) >= 11 is 1.91. The minimum absolute atomic E-state index is 0.0394. The van der Waals surface area contributed by atoms with Gasteiger partial charge < -0.3 is 14.2 Å². The Morgan fingerprint density at radius 2 is 2.36 bits per heavy atom. The van der Waals surface area contributed by atoms with Gasteiger partial charge in [-0.1, -0.05) is 19.0 Å². The average Bonchev–Trinajstić information content (AvgIpc) is 3.24. The molecule has 5 nitrogen and oxygen atoms in total. The lowest BCUT2D eigenvalue weighted by molar-refractivity contribution is 0.0412. The largest absolute Gasteiger partial charge is 0.376 e. The van der Waals surface area contributed by atoms with Crippen molar-refractivity contribution in [2.24, 2.45) is 0 Å². The van der Waals surface area contributed by atoms with E-state index in [1.54, 1.807) is 6.07 Å².